The van der Waals surface area contributed by atoms with E-state index < -0.39 is 5.97 Å². The number of aromatic carboxylic acids is 1. The van der Waals surface area contributed by atoms with Gasteiger partial charge in [-0.2, -0.15) is 4.98 Å². The molecule has 0 atom stereocenters. The van der Waals surface area contributed by atoms with Crippen molar-refractivity contribution >= 4 is 11.7 Å². The van der Waals surface area contributed by atoms with E-state index >= 15 is 0 Å². The van der Waals surface area contributed by atoms with Crippen LogP contribution in [-0.4, -0.2) is 30.2 Å². The van der Waals surface area contributed by atoms with E-state index in [1.807, 2.05) is 31.1 Å². The summed E-state index contributed by atoms with van der Waals surface area (Å²) in [5.41, 5.74) is 0.770. The minimum absolute atomic E-state index is 0.0942. The number of carbonyl (C=O) groups is 1. The fourth-order valence-corrected chi connectivity index (χ4v) is 1.33. The van der Waals surface area contributed by atoms with Crippen molar-refractivity contribution in [3.63, 3.8) is 0 Å². The van der Waals surface area contributed by atoms with Crippen LogP contribution in [-0.2, 0) is 0 Å². The van der Waals surface area contributed by atoms with Gasteiger partial charge in [-0.3, -0.25) is 0 Å². The Morgan fingerprint density at radius 3 is 2.83 bits per heavy atom. The molecule has 6 nitrogen and oxygen atoms in total. The number of nitrogens with zero attached hydrogens (tertiary/aromatic N) is 2. The normalized spacial score (nSPS) is 10.1. The van der Waals surface area contributed by atoms with E-state index in [-0.39, 0.29) is 11.8 Å². The number of anilines is 1. The first-order valence-corrected chi connectivity index (χ1v) is 5.20. The standard InChI is InChI=1S/C12H12N2O4/c1-14(2)8-4-3-5-9(6-8)18-12-13-10(7-17-12)11(15)16/h3-7H,1-2H3,(H,15,16). The predicted molar refractivity (Wildman–Crippen MR) is 64.3 cm³/mol. The highest BCUT2D eigenvalue weighted by Gasteiger charge is 2.12. The summed E-state index contributed by atoms with van der Waals surface area (Å²) in [6, 6.07) is 7.28. The van der Waals surface area contributed by atoms with Gasteiger partial charge in [-0.25, -0.2) is 4.79 Å². The Balaban J connectivity index is 2.17. The van der Waals surface area contributed by atoms with Crippen molar-refractivity contribution in [2.45, 2.75) is 0 Å². The van der Waals surface area contributed by atoms with Crippen LogP contribution in [0, 0.1) is 0 Å². The number of carboxylic acids is 1. The first-order valence-electron chi connectivity index (χ1n) is 5.20. The summed E-state index contributed by atoms with van der Waals surface area (Å²) in [7, 11) is 3.82. The van der Waals surface area contributed by atoms with Crippen LogP contribution in [0.2, 0.25) is 0 Å². The fraction of sp³-hybridized carbons (Fsp3) is 0.167. The average Bonchev–Trinajstić information content (AvgIpc) is 2.78. The number of hydrogen-bond acceptors (Lipinski definition) is 5. The molecule has 0 amide bonds. The van der Waals surface area contributed by atoms with Crippen LogP contribution in [0.4, 0.5) is 5.69 Å². The molecule has 1 aromatic heterocycles. The molecule has 1 aromatic carbocycles. The maximum atomic E-state index is 10.6. The zero-order valence-corrected chi connectivity index (χ0v) is 9.95. The number of hydrogen-bond donors (Lipinski definition) is 1. The number of rotatable bonds is 4. The van der Waals surface area contributed by atoms with Gasteiger partial charge in [0, 0.05) is 25.8 Å². The average molecular weight is 248 g/mol. The van der Waals surface area contributed by atoms with Crippen LogP contribution in [0.25, 0.3) is 0 Å². The van der Waals surface area contributed by atoms with Crippen molar-refractivity contribution in [2.24, 2.45) is 0 Å². The highest BCUT2D eigenvalue weighted by Crippen LogP contribution is 2.24. The van der Waals surface area contributed by atoms with Gasteiger partial charge in [0.25, 0.3) is 0 Å². The molecule has 0 unspecified atom stereocenters. The van der Waals surface area contributed by atoms with Gasteiger partial charge in [-0.1, -0.05) is 6.07 Å². The Kier molecular flexibility index (Phi) is 3.18. The van der Waals surface area contributed by atoms with Crippen molar-refractivity contribution in [3.8, 4) is 11.8 Å². The van der Waals surface area contributed by atoms with Crippen LogP contribution in [0.15, 0.2) is 34.9 Å². The van der Waals surface area contributed by atoms with Crippen molar-refractivity contribution < 1.29 is 19.1 Å². The van der Waals surface area contributed by atoms with E-state index in [1.165, 1.54) is 0 Å². The molecule has 0 fully saturated rings. The number of oxazole rings is 1. The summed E-state index contributed by atoms with van der Waals surface area (Å²) < 4.78 is 10.2. The lowest BCUT2D eigenvalue weighted by atomic mass is 10.3. The summed E-state index contributed by atoms with van der Waals surface area (Å²) in [5, 5.41) is 8.70. The van der Waals surface area contributed by atoms with Crippen molar-refractivity contribution in [1.29, 1.82) is 0 Å². The molecule has 2 aromatic rings. The smallest absolute Gasteiger partial charge is 0.399 e. The first-order chi connectivity index (χ1) is 8.56. The Morgan fingerprint density at radius 1 is 1.44 bits per heavy atom. The Hall–Kier alpha value is -2.50. The zero-order valence-electron chi connectivity index (χ0n) is 9.95. The number of aromatic nitrogens is 1. The summed E-state index contributed by atoms with van der Waals surface area (Å²) in [6.45, 7) is 0. The van der Waals surface area contributed by atoms with Gasteiger partial charge in [0.05, 0.1) is 0 Å². The Bertz CT molecular complexity index is 563. The van der Waals surface area contributed by atoms with Gasteiger partial charge in [0.15, 0.2) is 5.69 Å². The van der Waals surface area contributed by atoms with Crippen LogP contribution >= 0.6 is 0 Å². The number of carboxylic acid groups (broad SMARTS) is 1. The van der Waals surface area contributed by atoms with Gasteiger partial charge in [0.2, 0.25) is 0 Å². The zero-order chi connectivity index (χ0) is 13.1. The van der Waals surface area contributed by atoms with Crippen molar-refractivity contribution in [2.75, 3.05) is 19.0 Å². The van der Waals surface area contributed by atoms with E-state index in [4.69, 9.17) is 14.3 Å². The summed E-state index contributed by atoms with van der Waals surface area (Å²) in [4.78, 5) is 16.2. The minimum Gasteiger partial charge on any atom is -0.476 e. The summed E-state index contributed by atoms with van der Waals surface area (Å²) >= 11 is 0. The van der Waals surface area contributed by atoms with Crippen LogP contribution in [0.1, 0.15) is 10.5 Å². The highest BCUT2D eigenvalue weighted by molar-refractivity contribution is 5.84. The molecule has 0 saturated carbocycles. The molecule has 1 N–H and O–H groups in total. The minimum atomic E-state index is -1.16. The molecule has 18 heavy (non-hydrogen) atoms. The maximum Gasteiger partial charge on any atom is 0.399 e. The van der Waals surface area contributed by atoms with E-state index in [0.717, 1.165) is 12.0 Å². The van der Waals surface area contributed by atoms with E-state index in [9.17, 15) is 4.79 Å². The third kappa shape index (κ3) is 2.60. The number of benzene rings is 1. The van der Waals surface area contributed by atoms with Gasteiger partial charge < -0.3 is 19.2 Å². The van der Waals surface area contributed by atoms with Gasteiger partial charge >= 0.3 is 12.0 Å². The third-order valence-electron chi connectivity index (χ3n) is 2.24. The lowest BCUT2D eigenvalue weighted by Crippen LogP contribution is -2.08. The molecule has 6 heteroatoms. The maximum absolute atomic E-state index is 10.6. The molecule has 0 bridgehead atoms. The van der Waals surface area contributed by atoms with Gasteiger partial charge in [0.1, 0.15) is 12.0 Å². The summed E-state index contributed by atoms with van der Waals surface area (Å²) in [5.74, 6) is -0.629. The molecule has 0 aliphatic heterocycles. The molecule has 0 aliphatic carbocycles. The quantitative estimate of drug-likeness (QED) is 0.894. The largest absolute Gasteiger partial charge is 0.476 e. The molecule has 0 radical (unpaired) electrons. The lowest BCUT2D eigenvalue weighted by molar-refractivity contribution is 0.0690. The molecule has 0 saturated heterocycles. The highest BCUT2D eigenvalue weighted by atomic mass is 16.6. The molecule has 1 heterocycles. The van der Waals surface area contributed by atoms with E-state index in [1.54, 1.807) is 12.1 Å². The summed E-state index contributed by atoms with van der Waals surface area (Å²) in [6.07, 6.45) is 0.941. The van der Waals surface area contributed by atoms with Crippen LogP contribution in [0.3, 0.4) is 0 Å². The van der Waals surface area contributed by atoms with Crippen LogP contribution in [0.5, 0.6) is 11.8 Å². The molecule has 0 spiro atoms. The molecule has 0 aliphatic rings. The number of ether oxygens (including phenoxy) is 1. The topological polar surface area (TPSA) is 75.8 Å². The fourth-order valence-electron chi connectivity index (χ4n) is 1.33. The SMILES string of the molecule is CN(C)c1cccc(Oc2nc(C(=O)O)co2)c1. The molecular formula is C12H12N2O4. The van der Waals surface area contributed by atoms with E-state index in [0.29, 0.717) is 5.75 Å². The second kappa shape index (κ2) is 4.79. The van der Waals surface area contributed by atoms with Gasteiger partial charge in [-0.05, 0) is 12.1 Å². The third-order valence-corrected chi connectivity index (χ3v) is 2.24. The Morgan fingerprint density at radius 2 is 2.22 bits per heavy atom. The monoisotopic (exact) mass is 248 g/mol. The predicted octanol–water partition coefficient (Wildman–Crippen LogP) is 2.23. The lowest BCUT2D eigenvalue weighted by Gasteiger charge is -2.12. The first kappa shape index (κ1) is 12.0. The van der Waals surface area contributed by atoms with Crippen LogP contribution < -0.4 is 9.64 Å². The Labute approximate surface area is 103 Å². The second-order valence-electron chi connectivity index (χ2n) is 3.80. The van der Waals surface area contributed by atoms with Gasteiger partial charge in [-0.15, -0.1) is 0 Å². The van der Waals surface area contributed by atoms with E-state index in [2.05, 4.69) is 4.98 Å². The second-order valence-corrected chi connectivity index (χ2v) is 3.80. The van der Waals surface area contributed by atoms with Crippen molar-refractivity contribution in [3.05, 3.63) is 36.2 Å². The molecule has 94 valence electrons. The van der Waals surface area contributed by atoms with Crippen molar-refractivity contribution in [1.82, 2.24) is 4.98 Å². The molecular weight excluding hydrogens is 236 g/mol. The molecule has 2 rings (SSSR count).